The lowest BCUT2D eigenvalue weighted by molar-refractivity contribution is -0.289. The molecule has 0 aromatic heterocycles. The van der Waals surface area contributed by atoms with Gasteiger partial charge >= 0.3 is 0 Å². The van der Waals surface area contributed by atoms with Crippen molar-refractivity contribution < 1.29 is 23.8 Å². The summed E-state index contributed by atoms with van der Waals surface area (Å²) in [5.74, 6) is -1.64. The summed E-state index contributed by atoms with van der Waals surface area (Å²) in [7, 11) is 0. The number of likely N-dealkylation sites (tertiary alicyclic amines) is 1. The lowest BCUT2D eigenvalue weighted by atomic mass is 10.0. The SMILES string of the molecule is CCCCCCCCCCCCOC[C@@]12O[C@@H](CN3CCCCCC3)[C@@H](ON3CCCC3CC)[C@@H]1OC(C)(C)O2. The van der Waals surface area contributed by atoms with E-state index in [1.165, 1.54) is 96.3 Å². The van der Waals surface area contributed by atoms with E-state index in [1.54, 1.807) is 0 Å². The van der Waals surface area contributed by atoms with E-state index in [-0.39, 0.29) is 18.3 Å². The highest BCUT2D eigenvalue weighted by Gasteiger charge is 2.66. The minimum absolute atomic E-state index is 0.0989. The number of nitrogens with zero attached hydrogens (tertiary/aromatic N) is 2. The predicted octanol–water partition coefficient (Wildman–Crippen LogP) is 7.22. The maximum absolute atomic E-state index is 6.88. The summed E-state index contributed by atoms with van der Waals surface area (Å²) in [5, 5.41) is 2.22. The molecule has 0 radical (unpaired) electrons. The number of fused-ring (bicyclic) bond motifs is 1. The van der Waals surface area contributed by atoms with Crippen molar-refractivity contribution in [2.75, 3.05) is 39.4 Å². The van der Waals surface area contributed by atoms with Crippen molar-refractivity contribution in [2.24, 2.45) is 0 Å². The molecule has 1 unspecified atom stereocenters. The smallest absolute Gasteiger partial charge is 0.224 e. The molecule has 5 atom stereocenters. The lowest BCUT2D eigenvalue weighted by Gasteiger charge is -2.33. The Kier molecular flexibility index (Phi) is 13.5. The highest BCUT2D eigenvalue weighted by molar-refractivity contribution is 5.04. The van der Waals surface area contributed by atoms with Gasteiger partial charge in [0.2, 0.25) is 5.79 Å². The standard InChI is InChI=1S/C33H62N2O5/c1-5-7-8-9-10-11-12-13-16-19-25-36-27-33-31(38-32(3,4)40-33)30(39-35-24-20-21-28(35)6-2)29(37-33)26-34-22-17-14-15-18-23-34/h28-31H,5-27H2,1-4H3/t28?,29-,30+,31-,33-/m0/s1. The van der Waals surface area contributed by atoms with Gasteiger partial charge in [-0.25, -0.2) is 0 Å². The largest absolute Gasteiger partial charge is 0.376 e. The Morgan fingerprint density at radius 1 is 0.775 bits per heavy atom. The Balaban J connectivity index is 1.30. The van der Waals surface area contributed by atoms with E-state index < -0.39 is 11.6 Å². The third-order valence-electron chi connectivity index (χ3n) is 9.41. The van der Waals surface area contributed by atoms with Gasteiger partial charge in [0, 0.05) is 25.7 Å². The average molecular weight is 567 g/mol. The number of hydrogen-bond acceptors (Lipinski definition) is 7. The number of ether oxygens (including phenoxy) is 4. The highest BCUT2D eigenvalue weighted by atomic mass is 16.9. The van der Waals surface area contributed by atoms with Crippen LogP contribution >= 0.6 is 0 Å². The van der Waals surface area contributed by atoms with E-state index in [2.05, 4.69) is 23.8 Å². The van der Waals surface area contributed by atoms with Gasteiger partial charge in [-0.2, -0.15) is 5.06 Å². The first-order valence-electron chi connectivity index (χ1n) is 17.3. The van der Waals surface area contributed by atoms with Crippen molar-refractivity contribution in [1.29, 1.82) is 0 Å². The molecule has 0 aliphatic carbocycles. The third-order valence-corrected chi connectivity index (χ3v) is 9.41. The fourth-order valence-corrected chi connectivity index (χ4v) is 7.22. The molecule has 4 fully saturated rings. The second-order valence-corrected chi connectivity index (χ2v) is 13.4. The van der Waals surface area contributed by atoms with Crippen LogP contribution in [0.4, 0.5) is 0 Å². The number of hydroxylamine groups is 2. The van der Waals surface area contributed by atoms with Crippen LogP contribution in [-0.4, -0.2) is 85.3 Å². The third kappa shape index (κ3) is 9.36. The van der Waals surface area contributed by atoms with Gasteiger partial charge in [0.25, 0.3) is 0 Å². The van der Waals surface area contributed by atoms with Crippen LogP contribution in [0.15, 0.2) is 0 Å². The van der Waals surface area contributed by atoms with Gasteiger partial charge in [0.1, 0.15) is 24.9 Å². The minimum atomic E-state index is -0.912. The summed E-state index contributed by atoms with van der Waals surface area (Å²) in [4.78, 5) is 9.40. The van der Waals surface area contributed by atoms with Crippen molar-refractivity contribution in [3.05, 3.63) is 0 Å². The van der Waals surface area contributed by atoms with Crippen LogP contribution in [0.2, 0.25) is 0 Å². The van der Waals surface area contributed by atoms with Gasteiger partial charge in [-0.15, -0.1) is 0 Å². The first kappa shape index (κ1) is 32.6. The van der Waals surface area contributed by atoms with Crippen LogP contribution in [-0.2, 0) is 23.8 Å². The Morgan fingerprint density at radius 3 is 2.12 bits per heavy atom. The molecule has 4 aliphatic rings. The molecule has 0 aromatic carbocycles. The van der Waals surface area contributed by atoms with Crippen LogP contribution in [0, 0.1) is 0 Å². The van der Waals surface area contributed by atoms with Crippen molar-refractivity contribution in [1.82, 2.24) is 9.96 Å². The first-order chi connectivity index (χ1) is 19.5. The maximum Gasteiger partial charge on any atom is 0.224 e. The molecular formula is C33H62N2O5. The fourth-order valence-electron chi connectivity index (χ4n) is 7.22. The molecule has 0 bridgehead atoms. The quantitative estimate of drug-likeness (QED) is 0.162. The molecular weight excluding hydrogens is 504 g/mol. The Bertz CT molecular complexity index is 700. The zero-order valence-electron chi connectivity index (χ0n) is 26.5. The van der Waals surface area contributed by atoms with E-state index in [1.807, 2.05) is 13.8 Å². The van der Waals surface area contributed by atoms with Gasteiger partial charge in [-0.1, -0.05) is 84.5 Å². The molecule has 4 heterocycles. The molecule has 7 nitrogen and oxygen atoms in total. The van der Waals surface area contributed by atoms with Gasteiger partial charge in [-0.05, 0) is 65.5 Å². The zero-order chi connectivity index (χ0) is 28.3. The van der Waals surface area contributed by atoms with Crippen LogP contribution in [0.3, 0.4) is 0 Å². The molecule has 7 heteroatoms. The van der Waals surface area contributed by atoms with Gasteiger partial charge in [0.05, 0.1) is 0 Å². The second kappa shape index (κ2) is 16.5. The number of hydrogen-bond donors (Lipinski definition) is 0. The molecule has 0 amide bonds. The van der Waals surface area contributed by atoms with Crippen molar-refractivity contribution >= 4 is 0 Å². The zero-order valence-corrected chi connectivity index (χ0v) is 26.5. The van der Waals surface area contributed by atoms with E-state index >= 15 is 0 Å². The van der Waals surface area contributed by atoms with Gasteiger partial charge < -0.3 is 23.8 Å². The Morgan fingerprint density at radius 2 is 1.45 bits per heavy atom. The summed E-state index contributed by atoms with van der Waals surface area (Å²) in [6, 6.07) is 0.469. The van der Waals surface area contributed by atoms with Crippen LogP contribution < -0.4 is 0 Å². The van der Waals surface area contributed by atoms with E-state index in [9.17, 15) is 0 Å². The maximum atomic E-state index is 6.88. The second-order valence-electron chi connectivity index (χ2n) is 13.4. The van der Waals surface area contributed by atoms with E-state index in [0.717, 1.165) is 45.6 Å². The molecule has 40 heavy (non-hydrogen) atoms. The highest BCUT2D eigenvalue weighted by Crippen LogP contribution is 2.47. The number of unbranched alkanes of at least 4 members (excludes halogenated alkanes) is 9. The molecule has 4 saturated heterocycles. The summed E-state index contributed by atoms with van der Waals surface area (Å²) >= 11 is 0. The molecule has 0 spiro atoms. The normalized spacial score (nSPS) is 33.0. The summed E-state index contributed by atoms with van der Waals surface area (Å²) in [5.41, 5.74) is 0. The average Bonchev–Trinajstić information content (AvgIpc) is 3.47. The summed E-state index contributed by atoms with van der Waals surface area (Å²) in [6.45, 7) is 13.8. The first-order valence-corrected chi connectivity index (χ1v) is 17.3. The molecule has 234 valence electrons. The summed E-state index contributed by atoms with van der Waals surface area (Å²) in [6.07, 6.45) is 21.3. The lowest BCUT2D eigenvalue weighted by Crippen LogP contribution is -2.48. The van der Waals surface area contributed by atoms with Crippen molar-refractivity contribution in [2.45, 2.75) is 173 Å². The molecule has 0 N–H and O–H groups in total. The Hall–Kier alpha value is -0.280. The van der Waals surface area contributed by atoms with E-state index in [4.69, 9.17) is 23.8 Å². The Labute approximate surface area is 245 Å². The van der Waals surface area contributed by atoms with Crippen molar-refractivity contribution in [3.63, 3.8) is 0 Å². The minimum Gasteiger partial charge on any atom is -0.376 e. The monoisotopic (exact) mass is 566 g/mol. The van der Waals surface area contributed by atoms with Gasteiger partial charge in [-0.3, -0.25) is 4.84 Å². The molecule has 4 aliphatic heterocycles. The molecule has 0 saturated carbocycles. The van der Waals surface area contributed by atoms with Crippen LogP contribution in [0.5, 0.6) is 0 Å². The number of rotatable bonds is 18. The molecule has 0 aromatic rings. The summed E-state index contributed by atoms with van der Waals surface area (Å²) < 4.78 is 26.3. The fraction of sp³-hybridized carbons (Fsp3) is 1.00. The van der Waals surface area contributed by atoms with Crippen LogP contribution in [0.1, 0.15) is 137 Å². The van der Waals surface area contributed by atoms with E-state index in [0.29, 0.717) is 12.6 Å². The predicted molar refractivity (Wildman–Crippen MR) is 160 cm³/mol. The van der Waals surface area contributed by atoms with Gasteiger partial charge in [0.15, 0.2) is 5.79 Å². The topological polar surface area (TPSA) is 52.6 Å². The molecule has 4 rings (SSSR count). The van der Waals surface area contributed by atoms with Crippen LogP contribution in [0.25, 0.3) is 0 Å². The van der Waals surface area contributed by atoms with Crippen molar-refractivity contribution in [3.8, 4) is 0 Å².